The average Bonchev–Trinajstić information content (AvgIpc) is 2.62. The smallest absolute Gasteiger partial charge is 0.252 e. The molecule has 0 aliphatic carbocycles. The highest BCUT2D eigenvalue weighted by atomic mass is 32.2. The van der Waals surface area contributed by atoms with Crippen LogP contribution in [0.4, 0.5) is 4.39 Å². The molecule has 6 nitrogen and oxygen atoms in total. The summed E-state index contributed by atoms with van der Waals surface area (Å²) >= 11 is 0. The third-order valence-electron chi connectivity index (χ3n) is 4.08. The van der Waals surface area contributed by atoms with Crippen molar-refractivity contribution >= 4 is 15.9 Å². The molecular formula is C19H23FN2O4S. The molecule has 27 heavy (non-hydrogen) atoms. The highest BCUT2D eigenvalue weighted by Crippen LogP contribution is 2.19. The van der Waals surface area contributed by atoms with Gasteiger partial charge >= 0.3 is 0 Å². The highest BCUT2D eigenvalue weighted by Gasteiger charge is 2.20. The molecule has 8 heteroatoms. The van der Waals surface area contributed by atoms with Crippen LogP contribution in [0.25, 0.3) is 0 Å². The fraction of sp³-hybridized carbons (Fsp3) is 0.316. The maximum absolute atomic E-state index is 13.9. The number of carbonyl (C=O) groups is 1. The highest BCUT2D eigenvalue weighted by molar-refractivity contribution is 7.89. The first-order chi connectivity index (χ1) is 12.8. The van der Waals surface area contributed by atoms with Gasteiger partial charge in [-0.2, -0.15) is 0 Å². The van der Waals surface area contributed by atoms with Crippen LogP contribution in [-0.2, 0) is 14.8 Å². The van der Waals surface area contributed by atoms with Gasteiger partial charge in [0.15, 0.2) is 0 Å². The van der Waals surface area contributed by atoms with Gasteiger partial charge in [0.05, 0.1) is 17.5 Å². The van der Waals surface area contributed by atoms with Crippen molar-refractivity contribution in [2.45, 2.75) is 24.8 Å². The second-order valence-electron chi connectivity index (χ2n) is 6.08. The summed E-state index contributed by atoms with van der Waals surface area (Å²) in [4.78, 5) is 12.6. The predicted octanol–water partition coefficient (Wildman–Crippen LogP) is 2.55. The minimum atomic E-state index is -3.76. The lowest BCUT2D eigenvalue weighted by molar-refractivity contribution is 0.0938. The van der Waals surface area contributed by atoms with Gasteiger partial charge < -0.3 is 10.1 Å². The Labute approximate surface area is 158 Å². The van der Waals surface area contributed by atoms with Gasteiger partial charge in [-0.3, -0.25) is 4.79 Å². The van der Waals surface area contributed by atoms with Gasteiger partial charge in [-0.15, -0.1) is 0 Å². The van der Waals surface area contributed by atoms with E-state index in [1.54, 1.807) is 38.1 Å². The molecule has 1 atom stereocenters. The molecule has 146 valence electrons. The fourth-order valence-corrected chi connectivity index (χ4v) is 3.59. The van der Waals surface area contributed by atoms with Crippen LogP contribution in [0.5, 0.6) is 0 Å². The molecule has 0 aliphatic rings. The van der Waals surface area contributed by atoms with Crippen LogP contribution in [0.15, 0.2) is 47.4 Å². The second-order valence-corrected chi connectivity index (χ2v) is 7.85. The number of amides is 1. The second kappa shape index (κ2) is 9.07. The summed E-state index contributed by atoms with van der Waals surface area (Å²) in [6, 6.07) is 9.91. The largest absolute Gasteiger partial charge is 0.383 e. The molecule has 1 amide bonds. The third kappa shape index (κ3) is 5.35. The van der Waals surface area contributed by atoms with Gasteiger partial charge in [-0.1, -0.05) is 24.3 Å². The summed E-state index contributed by atoms with van der Waals surface area (Å²) in [6.45, 7) is 3.73. The monoisotopic (exact) mass is 394 g/mol. The maximum atomic E-state index is 13.9. The van der Waals surface area contributed by atoms with Crippen LogP contribution < -0.4 is 10.0 Å². The first-order valence-electron chi connectivity index (χ1n) is 8.41. The Balaban J connectivity index is 2.22. The number of hydrogen-bond acceptors (Lipinski definition) is 4. The first-order valence-corrected chi connectivity index (χ1v) is 9.89. The van der Waals surface area contributed by atoms with Gasteiger partial charge in [0.25, 0.3) is 5.91 Å². The van der Waals surface area contributed by atoms with E-state index >= 15 is 0 Å². The number of hydrogen-bond donors (Lipinski definition) is 2. The van der Waals surface area contributed by atoms with Crippen molar-refractivity contribution in [3.8, 4) is 0 Å². The molecule has 0 fully saturated rings. The van der Waals surface area contributed by atoms with Crippen LogP contribution in [0, 0.1) is 12.7 Å². The maximum Gasteiger partial charge on any atom is 0.252 e. The Kier molecular flexibility index (Phi) is 7.06. The average molecular weight is 394 g/mol. The summed E-state index contributed by atoms with van der Waals surface area (Å²) in [5.41, 5.74) is 1.19. The van der Waals surface area contributed by atoms with E-state index in [9.17, 15) is 17.6 Å². The Morgan fingerprint density at radius 2 is 1.93 bits per heavy atom. The van der Waals surface area contributed by atoms with E-state index in [1.807, 2.05) is 0 Å². The van der Waals surface area contributed by atoms with Crippen molar-refractivity contribution in [2.75, 3.05) is 20.3 Å². The van der Waals surface area contributed by atoms with E-state index in [2.05, 4.69) is 10.0 Å². The molecule has 0 spiro atoms. The SMILES string of the molecule is COCCNS(=O)(=O)c1ccc(C)c(C(=O)NC(C)c2ccccc2F)c1. The van der Waals surface area contributed by atoms with Crippen molar-refractivity contribution in [1.82, 2.24) is 10.0 Å². The van der Waals surface area contributed by atoms with E-state index in [-0.39, 0.29) is 23.6 Å². The van der Waals surface area contributed by atoms with Crippen LogP contribution in [0.1, 0.15) is 34.5 Å². The van der Waals surface area contributed by atoms with E-state index in [1.165, 1.54) is 25.3 Å². The molecule has 2 N–H and O–H groups in total. The molecule has 0 aliphatic heterocycles. The Morgan fingerprint density at radius 3 is 2.59 bits per heavy atom. The lowest BCUT2D eigenvalue weighted by Crippen LogP contribution is -2.29. The molecule has 1 unspecified atom stereocenters. The summed E-state index contributed by atoms with van der Waals surface area (Å²) in [5.74, 6) is -0.891. The number of halogens is 1. The van der Waals surface area contributed by atoms with E-state index in [4.69, 9.17) is 4.74 Å². The summed E-state index contributed by atoms with van der Waals surface area (Å²) in [6.07, 6.45) is 0. The molecular weight excluding hydrogens is 371 g/mol. The zero-order valence-electron chi connectivity index (χ0n) is 15.5. The Bertz CT molecular complexity index is 916. The number of benzene rings is 2. The minimum absolute atomic E-state index is 0.0205. The molecule has 0 aromatic heterocycles. The lowest BCUT2D eigenvalue weighted by atomic mass is 10.1. The van der Waals surface area contributed by atoms with Crippen LogP contribution >= 0.6 is 0 Å². The van der Waals surface area contributed by atoms with Crippen LogP contribution in [-0.4, -0.2) is 34.6 Å². The van der Waals surface area contributed by atoms with Crippen molar-refractivity contribution in [1.29, 1.82) is 0 Å². The lowest BCUT2D eigenvalue weighted by Gasteiger charge is -2.16. The summed E-state index contributed by atoms with van der Waals surface area (Å²) < 4.78 is 45.8. The number of aryl methyl sites for hydroxylation is 1. The molecule has 0 saturated heterocycles. The third-order valence-corrected chi connectivity index (χ3v) is 5.54. The Hall–Kier alpha value is -2.29. The molecule has 0 radical (unpaired) electrons. The topological polar surface area (TPSA) is 84.5 Å². The zero-order chi connectivity index (χ0) is 20.0. The predicted molar refractivity (Wildman–Crippen MR) is 101 cm³/mol. The molecule has 2 aromatic rings. The van der Waals surface area contributed by atoms with Gasteiger partial charge in [0.1, 0.15) is 5.82 Å². The number of carbonyl (C=O) groups excluding carboxylic acids is 1. The molecule has 0 saturated carbocycles. The van der Waals surface area contributed by atoms with Crippen LogP contribution in [0.2, 0.25) is 0 Å². The van der Waals surface area contributed by atoms with Gasteiger partial charge in [0, 0.05) is 24.8 Å². The van der Waals surface area contributed by atoms with Crippen molar-refractivity contribution < 1.29 is 22.3 Å². The standard InChI is InChI=1S/C19H23FN2O4S/c1-13-8-9-15(27(24,25)21-10-11-26-3)12-17(13)19(23)22-14(2)16-6-4-5-7-18(16)20/h4-9,12,14,21H,10-11H2,1-3H3,(H,22,23). The van der Waals surface area contributed by atoms with Gasteiger partial charge in [-0.05, 0) is 37.6 Å². The molecule has 2 aromatic carbocycles. The number of sulfonamides is 1. The Morgan fingerprint density at radius 1 is 1.22 bits per heavy atom. The van der Waals surface area contributed by atoms with Crippen molar-refractivity contribution in [2.24, 2.45) is 0 Å². The van der Waals surface area contributed by atoms with Crippen molar-refractivity contribution in [3.63, 3.8) is 0 Å². The summed E-state index contributed by atoms with van der Waals surface area (Å²) in [7, 11) is -2.29. The minimum Gasteiger partial charge on any atom is -0.383 e. The zero-order valence-corrected chi connectivity index (χ0v) is 16.3. The molecule has 2 rings (SSSR count). The number of methoxy groups -OCH3 is 1. The molecule has 0 bridgehead atoms. The number of rotatable bonds is 8. The quantitative estimate of drug-likeness (QED) is 0.674. The van der Waals surface area contributed by atoms with Crippen molar-refractivity contribution in [3.05, 3.63) is 65.0 Å². The van der Waals surface area contributed by atoms with E-state index in [0.29, 0.717) is 11.1 Å². The van der Waals surface area contributed by atoms with Crippen LogP contribution in [0.3, 0.4) is 0 Å². The number of nitrogens with one attached hydrogen (secondary N) is 2. The van der Waals surface area contributed by atoms with E-state index in [0.717, 1.165) is 0 Å². The molecule has 0 heterocycles. The van der Waals surface area contributed by atoms with Gasteiger partial charge in [0.2, 0.25) is 10.0 Å². The first kappa shape index (κ1) is 21.0. The number of ether oxygens (including phenoxy) is 1. The van der Waals surface area contributed by atoms with Gasteiger partial charge in [-0.25, -0.2) is 17.5 Å². The summed E-state index contributed by atoms with van der Waals surface area (Å²) in [5, 5.41) is 2.71. The fourth-order valence-electron chi connectivity index (χ4n) is 2.55. The normalized spacial score (nSPS) is 12.6. The van der Waals surface area contributed by atoms with E-state index < -0.39 is 27.8 Å².